The van der Waals surface area contributed by atoms with Gasteiger partial charge in [0.1, 0.15) is 5.82 Å². The van der Waals surface area contributed by atoms with Crippen molar-refractivity contribution in [1.82, 2.24) is 9.47 Å². The van der Waals surface area contributed by atoms with Crippen molar-refractivity contribution in [3.05, 3.63) is 95.1 Å². The van der Waals surface area contributed by atoms with Crippen LogP contribution in [0.1, 0.15) is 41.8 Å². The highest BCUT2D eigenvalue weighted by Crippen LogP contribution is 2.33. The molecule has 3 aromatic rings. The molecule has 1 aliphatic heterocycles. The minimum absolute atomic E-state index is 0.162. The summed E-state index contributed by atoms with van der Waals surface area (Å²) in [6.07, 6.45) is 4.32. The fourth-order valence-corrected chi connectivity index (χ4v) is 4.00. The maximum atomic E-state index is 13.7. The van der Waals surface area contributed by atoms with Crippen LogP contribution in [0, 0.1) is 5.82 Å². The lowest BCUT2D eigenvalue weighted by atomic mass is 9.99. The zero-order chi connectivity index (χ0) is 17.9. The Labute approximate surface area is 154 Å². The summed E-state index contributed by atoms with van der Waals surface area (Å²) in [6, 6.07) is 20.5. The van der Waals surface area contributed by atoms with Crippen LogP contribution in [0.15, 0.2) is 66.9 Å². The van der Waals surface area contributed by atoms with E-state index in [9.17, 15) is 4.39 Å². The van der Waals surface area contributed by atoms with Gasteiger partial charge in [0.25, 0.3) is 0 Å². The first kappa shape index (κ1) is 17.0. The Kier molecular flexibility index (Phi) is 4.89. The fourth-order valence-electron chi connectivity index (χ4n) is 4.00. The van der Waals surface area contributed by atoms with Crippen LogP contribution >= 0.6 is 0 Å². The van der Waals surface area contributed by atoms with Crippen molar-refractivity contribution in [2.24, 2.45) is 0 Å². The minimum atomic E-state index is -0.162. The summed E-state index contributed by atoms with van der Waals surface area (Å²) < 4.78 is 16.0. The highest BCUT2D eigenvalue weighted by atomic mass is 19.1. The van der Waals surface area contributed by atoms with Crippen molar-refractivity contribution in [3.63, 3.8) is 0 Å². The molecule has 1 atom stereocenters. The van der Waals surface area contributed by atoms with Gasteiger partial charge in [-0.25, -0.2) is 4.39 Å². The van der Waals surface area contributed by atoms with Crippen molar-refractivity contribution in [3.8, 4) is 0 Å². The van der Waals surface area contributed by atoms with E-state index in [4.69, 9.17) is 0 Å². The van der Waals surface area contributed by atoms with Gasteiger partial charge in [-0.2, -0.15) is 0 Å². The smallest absolute Gasteiger partial charge is 0.123 e. The van der Waals surface area contributed by atoms with Crippen molar-refractivity contribution in [1.29, 1.82) is 0 Å². The SMILES string of the molecule is CCc1ccc([C@@H]2c3cccn3CCCN2Cc2cccc(F)c2)cc1. The van der Waals surface area contributed by atoms with Crippen LogP contribution < -0.4 is 0 Å². The van der Waals surface area contributed by atoms with E-state index >= 15 is 0 Å². The summed E-state index contributed by atoms with van der Waals surface area (Å²) in [5.41, 5.74) is 5.01. The third-order valence-corrected chi connectivity index (χ3v) is 5.33. The first-order chi connectivity index (χ1) is 12.7. The molecule has 0 radical (unpaired) electrons. The molecule has 0 spiro atoms. The van der Waals surface area contributed by atoms with E-state index in [1.54, 1.807) is 12.1 Å². The Morgan fingerprint density at radius 1 is 0.962 bits per heavy atom. The number of fused-ring (bicyclic) bond motifs is 1. The van der Waals surface area contributed by atoms with E-state index in [0.29, 0.717) is 0 Å². The molecule has 2 nitrogen and oxygen atoms in total. The van der Waals surface area contributed by atoms with Gasteiger partial charge >= 0.3 is 0 Å². The lowest BCUT2D eigenvalue weighted by Crippen LogP contribution is -2.29. The summed E-state index contributed by atoms with van der Waals surface area (Å²) in [6.45, 7) is 4.97. The number of hydrogen-bond donors (Lipinski definition) is 0. The van der Waals surface area contributed by atoms with Gasteiger partial charge in [-0.05, 0) is 53.8 Å². The molecule has 0 N–H and O–H groups in total. The monoisotopic (exact) mass is 348 g/mol. The third kappa shape index (κ3) is 3.45. The molecule has 0 bridgehead atoms. The quantitative estimate of drug-likeness (QED) is 0.630. The molecular weight excluding hydrogens is 323 g/mol. The van der Waals surface area contributed by atoms with Crippen molar-refractivity contribution in [2.45, 2.75) is 38.9 Å². The first-order valence-electron chi connectivity index (χ1n) is 9.47. The molecule has 0 saturated carbocycles. The van der Waals surface area contributed by atoms with E-state index in [2.05, 4.69) is 59.0 Å². The second-order valence-corrected chi connectivity index (χ2v) is 7.08. The number of halogens is 1. The summed E-state index contributed by atoms with van der Waals surface area (Å²) in [7, 11) is 0. The van der Waals surface area contributed by atoms with Crippen LogP contribution in [0.4, 0.5) is 4.39 Å². The van der Waals surface area contributed by atoms with Gasteiger partial charge in [-0.3, -0.25) is 4.90 Å². The van der Waals surface area contributed by atoms with Gasteiger partial charge in [0.05, 0.1) is 6.04 Å². The number of nitrogens with zero attached hydrogens (tertiary/aromatic N) is 2. The number of aromatic nitrogens is 1. The fraction of sp³-hybridized carbons (Fsp3) is 0.304. The van der Waals surface area contributed by atoms with Crippen LogP contribution in [0.3, 0.4) is 0 Å². The topological polar surface area (TPSA) is 8.17 Å². The van der Waals surface area contributed by atoms with Crippen LogP contribution in [0.5, 0.6) is 0 Å². The average Bonchev–Trinajstić information content (AvgIpc) is 3.04. The first-order valence-corrected chi connectivity index (χ1v) is 9.47. The average molecular weight is 348 g/mol. The zero-order valence-electron chi connectivity index (χ0n) is 15.2. The van der Waals surface area contributed by atoms with Gasteiger partial charge in [0.15, 0.2) is 0 Å². The second-order valence-electron chi connectivity index (χ2n) is 7.08. The maximum Gasteiger partial charge on any atom is 0.123 e. The number of rotatable bonds is 4. The van der Waals surface area contributed by atoms with Crippen LogP contribution in [-0.4, -0.2) is 16.0 Å². The van der Waals surface area contributed by atoms with E-state index in [1.165, 1.54) is 22.9 Å². The molecular formula is C23H25FN2. The van der Waals surface area contributed by atoms with Crippen molar-refractivity contribution < 1.29 is 4.39 Å². The van der Waals surface area contributed by atoms with Gasteiger partial charge in [0.2, 0.25) is 0 Å². The lowest BCUT2D eigenvalue weighted by Gasteiger charge is -2.31. The highest BCUT2D eigenvalue weighted by Gasteiger charge is 2.27. The highest BCUT2D eigenvalue weighted by molar-refractivity contribution is 5.32. The molecule has 3 heteroatoms. The Morgan fingerprint density at radius 3 is 2.58 bits per heavy atom. The molecule has 1 aromatic heterocycles. The molecule has 0 unspecified atom stereocenters. The molecule has 2 heterocycles. The van der Waals surface area contributed by atoms with Crippen LogP contribution in [-0.2, 0) is 19.5 Å². The molecule has 2 aromatic carbocycles. The summed E-state index contributed by atoms with van der Waals surface area (Å²) in [5.74, 6) is -0.162. The normalized spacial score (nSPS) is 17.7. The van der Waals surface area contributed by atoms with E-state index in [-0.39, 0.29) is 11.9 Å². The molecule has 0 aliphatic carbocycles. The second kappa shape index (κ2) is 7.46. The Balaban J connectivity index is 1.72. The van der Waals surface area contributed by atoms with E-state index < -0.39 is 0 Å². The maximum absolute atomic E-state index is 13.7. The molecule has 0 fully saturated rings. The molecule has 4 rings (SSSR count). The Bertz CT molecular complexity index is 866. The summed E-state index contributed by atoms with van der Waals surface area (Å²) in [5, 5.41) is 0. The van der Waals surface area contributed by atoms with Crippen molar-refractivity contribution >= 4 is 0 Å². The number of hydrogen-bond acceptors (Lipinski definition) is 1. The van der Waals surface area contributed by atoms with Gasteiger partial charge in [-0.1, -0.05) is 43.3 Å². The minimum Gasteiger partial charge on any atom is -0.350 e. The lowest BCUT2D eigenvalue weighted by molar-refractivity contribution is 0.220. The molecule has 0 amide bonds. The number of aryl methyl sites for hydroxylation is 2. The van der Waals surface area contributed by atoms with Crippen LogP contribution in [0.2, 0.25) is 0 Å². The molecule has 0 saturated heterocycles. The summed E-state index contributed by atoms with van der Waals surface area (Å²) >= 11 is 0. The number of benzene rings is 2. The molecule has 134 valence electrons. The Morgan fingerprint density at radius 2 is 1.81 bits per heavy atom. The third-order valence-electron chi connectivity index (χ3n) is 5.33. The zero-order valence-corrected chi connectivity index (χ0v) is 15.2. The largest absolute Gasteiger partial charge is 0.350 e. The van der Waals surface area contributed by atoms with Crippen LogP contribution in [0.25, 0.3) is 0 Å². The van der Waals surface area contributed by atoms with Gasteiger partial charge < -0.3 is 4.57 Å². The Hall–Kier alpha value is -2.39. The van der Waals surface area contributed by atoms with Crippen molar-refractivity contribution in [2.75, 3.05) is 6.54 Å². The predicted octanol–water partition coefficient (Wildman–Crippen LogP) is 5.18. The van der Waals surface area contributed by atoms with E-state index in [0.717, 1.165) is 38.0 Å². The van der Waals surface area contributed by atoms with Gasteiger partial charge in [0, 0.05) is 31.5 Å². The van der Waals surface area contributed by atoms with Gasteiger partial charge in [-0.15, -0.1) is 0 Å². The predicted molar refractivity (Wildman–Crippen MR) is 104 cm³/mol. The summed E-state index contributed by atoms with van der Waals surface area (Å²) in [4.78, 5) is 2.48. The molecule has 26 heavy (non-hydrogen) atoms. The molecule has 1 aliphatic rings. The standard InChI is InChI=1S/C23H25FN2/c1-2-18-9-11-20(12-10-18)23-22-8-4-13-25(22)14-5-15-26(23)17-19-6-3-7-21(24)16-19/h3-4,6-13,16,23H,2,5,14-15,17H2,1H3/t23-/m1/s1. The van der Waals surface area contributed by atoms with E-state index in [1.807, 2.05) is 6.07 Å².